The molecular formula is C24H22N2O3S2. The fraction of sp³-hybridized carbons (Fsp3) is 0.167. The summed E-state index contributed by atoms with van der Waals surface area (Å²) in [4.78, 5) is 20.0. The van der Waals surface area contributed by atoms with Crippen LogP contribution in [0.4, 0.5) is 5.13 Å². The van der Waals surface area contributed by atoms with Crippen molar-refractivity contribution in [2.24, 2.45) is 0 Å². The Bertz CT molecular complexity index is 1310. The lowest BCUT2D eigenvalue weighted by atomic mass is 10.1. The lowest BCUT2D eigenvalue weighted by Gasteiger charge is -2.20. The van der Waals surface area contributed by atoms with Gasteiger partial charge in [0.25, 0.3) is 5.91 Å². The number of hydrogen-bond acceptors (Lipinski definition) is 5. The van der Waals surface area contributed by atoms with Crippen LogP contribution in [0.25, 0.3) is 10.2 Å². The quantitative estimate of drug-likeness (QED) is 0.419. The first-order valence-corrected chi connectivity index (χ1v) is 12.6. The maximum Gasteiger partial charge on any atom is 0.260 e. The number of carbonyl (C=O) groups excluding carboxylic acids is 1. The zero-order valence-electron chi connectivity index (χ0n) is 17.3. The van der Waals surface area contributed by atoms with E-state index in [0.29, 0.717) is 29.2 Å². The normalized spacial score (nSPS) is 11.5. The number of hydrogen-bond donors (Lipinski definition) is 0. The molecule has 1 aromatic heterocycles. The van der Waals surface area contributed by atoms with E-state index in [9.17, 15) is 13.2 Å². The van der Waals surface area contributed by atoms with Crippen molar-refractivity contribution >= 4 is 42.4 Å². The molecule has 1 heterocycles. The molecule has 4 aromatic rings. The molecule has 0 unspecified atom stereocenters. The van der Waals surface area contributed by atoms with E-state index in [2.05, 4.69) is 4.98 Å². The summed E-state index contributed by atoms with van der Waals surface area (Å²) in [6.07, 6.45) is 1.82. The van der Waals surface area contributed by atoms with Crippen LogP contribution in [-0.2, 0) is 16.3 Å². The first kappa shape index (κ1) is 21.2. The van der Waals surface area contributed by atoms with Crippen molar-refractivity contribution in [2.75, 3.05) is 17.7 Å². The van der Waals surface area contributed by atoms with E-state index in [1.54, 1.807) is 24.0 Å². The van der Waals surface area contributed by atoms with Crippen molar-refractivity contribution in [3.05, 3.63) is 89.5 Å². The van der Waals surface area contributed by atoms with E-state index in [1.165, 1.54) is 17.4 Å². The van der Waals surface area contributed by atoms with Gasteiger partial charge in [-0.2, -0.15) is 0 Å². The third-order valence-electron chi connectivity index (χ3n) is 5.06. The molecule has 0 saturated carbocycles. The molecule has 0 aliphatic heterocycles. The zero-order chi connectivity index (χ0) is 22.0. The Morgan fingerprint density at radius 2 is 1.71 bits per heavy atom. The highest BCUT2D eigenvalue weighted by Crippen LogP contribution is 2.30. The highest BCUT2D eigenvalue weighted by Gasteiger charge is 2.23. The Hall–Kier alpha value is -3.03. The van der Waals surface area contributed by atoms with Gasteiger partial charge in [0.05, 0.1) is 15.1 Å². The molecule has 0 radical (unpaired) electrons. The van der Waals surface area contributed by atoms with Crippen LogP contribution in [0, 0.1) is 6.92 Å². The molecule has 0 bridgehead atoms. The second-order valence-corrected chi connectivity index (χ2v) is 10.4. The molecule has 0 aliphatic carbocycles. The third kappa shape index (κ3) is 4.68. The van der Waals surface area contributed by atoms with Gasteiger partial charge in [-0.15, -0.1) is 0 Å². The highest BCUT2D eigenvalue weighted by molar-refractivity contribution is 7.90. The van der Waals surface area contributed by atoms with Crippen LogP contribution >= 0.6 is 11.3 Å². The first-order chi connectivity index (χ1) is 14.8. The minimum atomic E-state index is -3.44. The van der Waals surface area contributed by atoms with E-state index in [-0.39, 0.29) is 10.8 Å². The number of fused-ring (bicyclic) bond motifs is 1. The average molecular weight is 451 g/mol. The number of carbonyl (C=O) groups is 1. The average Bonchev–Trinajstić information content (AvgIpc) is 3.18. The number of para-hydroxylation sites is 1. The second kappa shape index (κ2) is 8.61. The molecule has 7 heteroatoms. The van der Waals surface area contributed by atoms with Crippen molar-refractivity contribution in [3.63, 3.8) is 0 Å². The van der Waals surface area contributed by atoms with Crippen LogP contribution in [-0.4, -0.2) is 32.1 Å². The van der Waals surface area contributed by atoms with Gasteiger partial charge in [-0.3, -0.25) is 9.69 Å². The monoisotopic (exact) mass is 450 g/mol. The maximum atomic E-state index is 13.5. The first-order valence-electron chi connectivity index (χ1n) is 9.85. The minimum Gasteiger partial charge on any atom is -0.284 e. The van der Waals surface area contributed by atoms with Gasteiger partial charge in [-0.1, -0.05) is 59.9 Å². The van der Waals surface area contributed by atoms with Crippen molar-refractivity contribution in [1.82, 2.24) is 4.98 Å². The Morgan fingerprint density at radius 1 is 1.00 bits per heavy atom. The number of aromatic nitrogens is 1. The lowest BCUT2D eigenvalue weighted by molar-refractivity contribution is 0.0987. The predicted molar refractivity (Wildman–Crippen MR) is 126 cm³/mol. The molecule has 0 fully saturated rings. The summed E-state index contributed by atoms with van der Waals surface area (Å²) in [6, 6.07) is 22.5. The number of rotatable bonds is 6. The molecule has 0 atom stereocenters. The molecule has 4 rings (SSSR count). The third-order valence-corrected chi connectivity index (χ3v) is 7.36. The summed E-state index contributed by atoms with van der Waals surface area (Å²) in [5, 5.41) is 0.601. The van der Waals surface area contributed by atoms with Crippen LogP contribution in [0.5, 0.6) is 0 Å². The Morgan fingerprint density at radius 3 is 2.42 bits per heavy atom. The summed E-state index contributed by atoms with van der Waals surface area (Å²) >= 11 is 1.45. The van der Waals surface area contributed by atoms with Crippen LogP contribution in [0.2, 0.25) is 0 Å². The molecule has 158 valence electrons. The van der Waals surface area contributed by atoms with Gasteiger partial charge in [-0.25, -0.2) is 13.4 Å². The lowest BCUT2D eigenvalue weighted by Crippen LogP contribution is -2.33. The standard InChI is InChI=1S/C24H22N2O3S2/c1-17-12-13-19(16-22(17)31(2,28)29)23(27)26(15-14-18-8-4-3-5-9-18)24-25-20-10-6-7-11-21(20)30-24/h3-13,16H,14-15H2,1-2H3. The number of benzene rings is 3. The van der Waals surface area contributed by atoms with Gasteiger partial charge in [0.2, 0.25) is 0 Å². The number of sulfone groups is 1. The van der Waals surface area contributed by atoms with Crippen molar-refractivity contribution < 1.29 is 13.2 Å². The molecule has 5 nitrogen and oxygen atoms in total. The fourth-order valence-electron chi connectivity index (χ4n) is 3.43. The number of thiazole rings is 1. The largest absolute Gasteiger partial charge is 0.284 e. The topological polar surface area (TPSA) is 67.3 Å². The Balaban J connectivity index is 1.73. The van der Waals surface area contributed by atoms with Gasteiger partial charge in [0.15, 0.2) is 15.0 Å². The summed E-state index contributed by atoms with van der Waals surface area (Å²) in [7, 11) is -3.44. The van der Waals surface area contributed by atoms with Crippen molar-refractivity contribution in [2.45, 2.75) is 18.2 Å². The summed E-state index contributed by atoms with van der Waals surface area (Å²) in [5.74, 6) is -0.264. The SMILES string of the molecule is Cc1ccc(C(=O)N(CCc2ccccc2)c2nc3ccccc3s2)cc1S(C)(=O)=O. The Labute approximate surface area is 185 Å². The fourth-order valence-corrected chi connectivity index (χ4v) is 5.42. The minimum absolute atomic E-state index is 0.172. The predicted octanol–water partition coefficient (Wildman–Crippen LogP) is 4.90. The number of amides is 1. The molecule has 31 heavy (non-hydrogen) atoms. The summed E-state index contributed by atoms with van der Waals surface area (Å²) < 4.78 is 25.3. The van der Waals surface area contributed by atoms with Crippen molar-refractivity contribution in [3.8, 4) is 0 Å². The number of aryl methyl sites for hydroxylation is 1. The van der Waals surface area contributed by atoms with E-state index >= 15 is 0 Å². The van der Waals surface area contributed by atoms with Crippen LogP contribution in [0.3, 0.4) is 0 Å². The zero-order valence-corrected chi connectivity index (χ0v) is 18.9. The van der Waals surface area contributed by atoms with E-state index in [0.717, 1.165) is 22.0 Å². The van der Waals surface area contributed by atoms with Crippen LogP contribution < -0.4 is 4.90 Å². The molecule has 0 spiro atoms. The van der Waals surface area contributed by atoms with Gasteiger partial charge >= 0.3 is 0 Å². The van der Waals surface area contributed by atoms with E-state index < -0.39 is 9.84 Å². The van der Waals surface area contributed by atoms with Gasteiger partial charge < -0.3 is 0 Å². The van der Waals surface area contributed by atoms with E-state index in [4.69, 9.17) is 0 Å². The molecule has 0 saturated heterocycles. The summed E-state index contributed by atoms with van der Waals surface area (Å²) in [5.41, 5.74) is 2.90. The smallest absolute Gasteiger partial charge is 0.260 e. The molecule has 1 amide bonds. The van der Waals surface area contributed by atoms with E-state index in [1.807, 2.05) is 54.6 Å². The van der Waals surface area contributed by atoms with Gasteiger partial charge in [0, 0.05) is 18.4 Å². The van der Waals surface area contributed by atoms with Crippen LogP contribution in [0.15, 0.2) is 77.7 Å². The Kier molecular flexibility index (Phi) is 5.89. The molecule has 0 aliphatic rings. The molecule has 0 N–H and O–H groups in total. The van der Waals surface area contributed by atoms with Gasteiger partial charge in [-0.05, 0) is 48.7 Å². The number of nitrogens with zero attached hydrogens (tertiary/aromatic N) is 2. The van der Waals surface area contributed by atoms with Crippen molar-refractivity contribution in [1.29, 1.82) is 0 Å². The second-order valence-electron chi connectivity index (χ2n) is 7.41. The number of anilines is 1. The summed E-state index contributed by atoms with van der Waals surface area (Å²) in [6.45, 7) is 2.16. The molecule has 3 aromatic carbocycles. The molecular weight excluding hydrogens is 428 g/mol. The van der Waals surface area contributed by atoms with Gasteiger partial charge in [0.1, 0.15) is 0 Å². The highest BCUT2D eigenvalue weighted by atomic mass is 32.2. The van der Waals surface area contributed by atoms with Crippen LogP contribution in [0.1, 0.15) is 21.5 Å². The maximum absolute atomic E-state index is 13.5.